The molecule has 0 radical (unpaired) electrons. The summed E-state index contributed by atoms with van der Waals surface area (Å²) >= 11 is 0. The second-order valence-electron chi connectivity index (χ2n) is 8.05. The van der Waals surface area contributed by atoms with E-state index in [1.807, 2.05) is 0 Å². The number of benzene rings is 4. The van der Waals surface area contributed by atoms with Gasteiger partial charge in [-0.25, -0.2) is 0 Å². The summed E-state index contributed by atoms with van der Waals surface area (Å²) in [6, 6.07) is 35.2. The van der Waals surface area contributed by atoms with Crippen LogP contribution in [-0.4, -0.2) is 0 Å². The summed E-state index contributed by atoms with van der Waals surface area (Å²) < 4.78 is 0. The van der Waals surface area contributed by atoms with Crippen LogP contribution in [-0.2, 0) is 12.8 Å². The molecule has 0 unspecified atom stereocenters. The van der Waals surface area contributed by atoms with E-state index in [-0.39, 0.29) is 0 Å². The molecule has 0 N–H and O–H groups in total. The highest BCUT2D eigenvalue weighted by Crippen LogP contribution is 2.43. The Morgan fingerprint density at radius 3 is 1.97 bits per heavy atom. The van der Waals surface area contributed by atoms with E-state index in [0.717, 1.165) is 19.3 Å². The predicted molar refractivity (Wildman–Crippen MR) is 129 cm³/mol. The molecule has 0 heteroatoms. The normalized spacial score (nSPS) is 12.5. The van der Waals surface area contributed by atoms with E-state index in [1.165, 1.54) is 50.1 Å². The van der Waals surface area contributed by atoms with Crippen molar-refractivity contribution in [3.05, 3.63) is 119 Å². The number of hydrogen-bond donors (Lipinski definition) is 0. The van der Waals surface area contributed by atoms with Gasteiger partial charge in [-0.2, -0.15) is 0 Å². The van der Waals surface area contributed by atoms with Gasteiger partial charge in [0.05, 0.1) is 0 Å². The Morgan fingerprint density at radius 2 is 1.27 bits per heavy atom. The Labute approximate surface area is 179 Å². The summed E-state index contributed by atoms with van der Waals surface area (Å²) in [5, 5.41) is 0. The van der Waals surface area contributed by atoms with E-state index in [9.17, 15) is 0 Å². The van der Waals surface area contributed by atoms with Crippen LogP contribution in [0, 0.1) is 0 Å². The van der Waals surface area contributed by atoms with Gasteiger partial charge in [-0.3, -0.25) is 0 Å². The largest absolute Gasteiger partial charge is 0.0651 e. The molecule has 0 spiro atoms. The summed E-state index contributed by atoms with van der Waals surface area (Å²) in [5.74, 6) is 0. The van der Waals surface area contributed by atoms with Gasteiger partial charge in [-0.05, 0) is 69.0 Å². The van der Waals surface area contributed by atoms with Crippen molar-refractivity contribution in [1.82, 2.24) is 0 Å². The van der Waals surface area contributed by atoms with E-state index in [0.29, 0.717) is 0 Å². The number of rotatable bonds is 5. The third-order valence-corrected chi connectivity index (χ3v) is 6.07. The van der Waals surface area contributed by atoms with Gasteiger partial charge in [-0.15, -0.1) is 0 Å². The summed E-state index contributed by atoms with van der Waals surface area (Å²) in [5.41, 5.74) is 12.4. The van der Waals surface area contributed by atoms with Gasteiger partial charge < -0.3 is 0 Å². The lowest BCUT2D eigenvalue weighted by Gasteiger charge is -2.18. The van der Waals surface area contributed by atoms with Crippen LogP contribution >= 0.6 is 0 Å². The topological polar surface area (TPSA) is 0 Å². The van der Waals surface area contributed by atoms with Crippen molar-refractivity contribution in [3.8, 4) is 22.3 Å². The maximum Gasteiger partial charge on any atom is -0.00134 e. The van der Waals surface area contributed by atoms with Crippen LogP contribution in [0.5, 0.6) is 0 Å². The molecule has 5 rings (SSSR count). The standard InChI is InChI=1S/C30H26/c1-2-11-24-18-19-25-20-26(22-12-5-3-6-13-22)21-29(25)30(24)28-17-10-9-16-27(28)23-14-7-4-8-15-23/h3-10,12-19,21H,2,11,20H2,1H3. The second kappa shape index (κ2) is 8.16. The number of hydrogen-bond acceptors (Lipinski definition) is 0. The molecule has 0 saturated heterocycles. The molecule has 0 atom stereocenters. The fourth-order valence-electron chi connectivity index (χ4n) is 4.66. The molecule has 0 amide bonds. The maximum atomic E-state index is 2.43. The maximum absolute atomic E-state index is 2.43. The lowest BCUT2D eigenvalue weighted by Crippen LogP contribution is -1.97. The highest BCUT2D eigenvalue weighted by Gasteiger charge is 2.22. The van der Waals surface area contributed by atoms with Crippen LogP contribution in [0.15, 0.2) is 97.1 Å². The molecule has 4 aromatic rings. The zero-order valence-electron chi connectivity index (χ0n) is 17.4. The summed E-state index contributed by atoms with van der Waals surface area (Å²) in [7, 11) is 0. The molecule has 0 fully saturated rings. The van der Waals surface area contributed by atoms with Gasteiger partial charge in [0.25, 0.3) is 0 Å². The van der Waals surface area contributed by atoms with Crippen LogP contribution in [0.4, 0.5) is 0 Å². The van der Waals surface area contributed by atoms with E-state index >= 15 is 0 Å². The second-order valence-corrected chi connectivity index (χ2v) is 8.05. The number of allylic oxidation sites excluding steroid dienone is 1. The molecule has 1 aliphatic rings. The van der Waals surface area contributed by atoms with E-state index in [4.69, 9.17) is 0 Å². The Hall–Kier alpha value is -3.38. The van der Waals surface area contributed by atoms with Crippen molar-refractivity contribution >= 4 is 11.6 Å². The predicted octanol–water partition coefficient (Wildman–Crippen LogP) is 8.07. The van der Waals surface area contributed by atoms with Crippen molar-refractivity contribution in [2.45, 2.75) is 26.2 Å². The van der Waals surface area contributed by atoms with Gasteiger partial charge in [0.2, 0.25) is 0 Å². The van der Waals surface area contributed by atoms with Gasteiger partial charge in [-0.1, -0.05) is 110 Å². The first-order valence-electron chi connectivity index (χ1n) is 10.9. The zero-order valence-corrected chi connectivity index (χ0v) is 17.4. The van der Waals surface area contributed by atoms with Crippen molar-refractivity contribution in [2.75, 3.05) is 0 Å². The summed E-state index contributed by atoms with van der Waals surface area (Å²) in [6.07, 6.45) is 5.68. The van der Waals surface area contributed by atoms with Crippen LogP contribution in [0.3, 0.4) is 0 Å². The molecule has 0 aromatic heterocycles. The quantitative estimate of drug-likeness (QED) is 0.325. The van der Waals surface area contributed by atoms with Crippen LogP contribution < -0.4 is 0 Å². The van der Waals surface area contributed by atoms with Gasteiger partial charge in [0, 0.05) is 0 Å². The average Bonchev–Trinajstić information content (AvgIpc) is 3.25. The first-order chi connectivity index (χ1) is 14.8. The highest BCUT2D eigenvalue weighted by atomic mass is 14.3. The number of aryl methyl sites for hydroxylation is 1. The fraction of sp³-hybridized carbons (Fsp3) is 0.133. The third-order valence-electron chi connectivity index (χ3n) is 6.07. The zero-order chi connectivity index (χ0) is 20.3. The van der Waals surface area contributed by atoms with Gasteiger partial charge >= 0.3 is 0 Å². The minimum atomic E-state index is 1.01. The molecular weight excluding hydrogens is 360 g/mol. The number of fused-ring (bicyclic) bond motifs is 1. The summed E-state index contributed by atoms with van der Waals surface area (Å²) in [4.78, 5) is 0. The Bertz CT molecular complexity index is 1200. The Balaban J connectivity index is 1.73. The molecule has 1 aliphatic carbocycles. The minimum Gasteiger partial charge on any atom is -0.0651 e. The van der Waals surface area contributed by atoms with Crippen LogP contribution in [0.1, 0.15) is 35.6 Å². The molecule has 0 bridgehead atoms. The molecular formula is C30H26. The SMILES string of the molecule is CCCc1ccc2c(c1-c1ccccc1-c1ccccc1)C=C(c1ccccc1)C2. The monoisotopic (exact) mass is 386 g/mol. The Morgan fingerprint density at radius 1 is 0.633 bits per heavy atom. The lowest BCUT2D eigenvalue weighted by molar-refractivity contribution is 0.922. The highest BCUT2D eigenvalue weighted by molar-refractivity contribution is 5.97. The van der Waals surface area contributed by atoms with Crippen LogP contribution in [0.2, 0.25) is 0 Å². The Kier molecular flexibility index (Phi) is 5.07. The lowest BCUT2D eigenvalue weighted by atomic mass is 9.86. The summed E-state index contributed by atoms with van der Waals surface area (Å²) in [6.45, 7) is 2.27. The fourth-order valence-corrected chi connectivity index (χ4v) is 4.66. The van der Waals surface area contributed by atoms with Crippen molar-refractivity contribution in [2.24, 2.45) is 0 Å². The van der Waals surface area contributed by atoms with Gasteiger partial charge in [0.15, 0.2) is 0 Å². The van der Waals surface area contributed by atoms with Crippen molar-refractivity contribution in [3.63, 3.8) is 0 Å². The molecule has 0 aliphatic heterocycles. The molecule has 146 valence electrons. The molecule has 0 heterocycles. The van der Waals surface area contributed by atoms with Crippen molar-refractivity contribution in [1.29, 1.82) is 0 Å². The third kappa shape index (κ3) is 3.39. The van der Waals surface area contributed by atoms with Crippen LogP contribution in [0.25, 0.3) is 33.9 Å². The van der Waals surface area contributed by atoms with E-state index in [1.54, 1.807) is 0 Å². The average molecular weight is 387 g/mol. The minimum absolute atomic E-state index is 1.01. The van der Waals surface area contributed by atoms with E-state index < -0.39 is 0 Å². The van der Waals surface area contributed by atoms with E-state index in [2.05, 4.69) is 110 Å². The first-order valence-corrected chi connectivity index (χ1v) is 10.9. The van der Waals surface area contributed by atoms with Crippen molar-refractivity contribution < 1.29 is 0 Å². The molecule has 4 aromatic carbocycles. The first kappa shape index (κ1) is 18.6. The molecule has 0 saturated carbocycles. The molecule has 0 nitrogen and oxygen atoms in total. The smallest absolute Gasteiger partial charge is 0.00134 e. The molecule has 30 heavy (non-hydrogen) atoms. The van der Waals surface area contributed by atoms with Gasteiger partial charge in [0.1, 0.15) is 0 Å².